The van der Waals surface area contributed by atoms with Crippen molar-refractivity contribution in [3.05, 3.63) is 27.7 Å². The molecule has 0 heterocycles. The van der Waals surface area contributed by atoms with Crippen molar-refractivity contribution in [2.75, 3.05) is 13.2 Å². The maximum absolute atomic E-state index is 11.5. The molecular weight excluding hydrogens is 305 g/mol. The van der Waals surface area contributed by atoms with Crippen LogP contribution < -0.4 is 10.1 Å². The van der Waals surface area contributed by atoms with Gasteiger partial charge in [0.15, 0.2) is 12.4 Å². The minimum Gasteiger partial charge on any atom is -0.481 e. The Bertz CT molecular complexity index is 517. The van der Waals surface area contributed by atoms with Crippen molar-refractivity contribution in [2.45, 2.75) is 13.8 Å². The van der Waals surface area contributed by atoms with E-state index in [9.17, 15) is 9.59 Å². The SMILES string of the molecule is CC(C)CNC(=O)COc1c(Cl)cc(Cl)cc1C(=O)O. The summed E-state index contributed by atoms with van der Waals surface area (Å²) in [7, 11) is 0. The summed E-state index contributed by atoms with van der Waals surface area (Å²) in [5.74, 6) is -1.33. The minimum atomic E-state index is -1.23. The van der Waals surface area contributed by atoms with E-state index in [1.54, 1.807) is 0 Å². The van der Waals surface area contributed by atoms with Gasteiger partial charge >= 0.3 is 5.97 Å². The Balaban J connectivity index is 2.77. The molecule has 0 aliphatic heterocycles. The number of amides is 1. The number of carbonyl (C=O) groups excluding carboxylic acids is 1. The van der Waals surface area contributed by atoms with Gasteiger partial charge in [-0.2, -0.15) is 0 Å². The summed E-state index contributed by atoms with van der Waals surface area (Å²) in [6.45, 7) is 4.12. The fraction of sp³-hybridized carbons (Fsp3) is 0.385. The molecule has 0 atom stereocenters. The quantitative estimate of drug-likeness (QED) is 0.845. The molecule has 0 aliphatic carbocycles. The van der Waals surface area contributed by atoms with Gasteiger partial charge in [-0.25, -0.2) is 4.79 Å². The monoisotopic (exact) mass is 319 g/mol. The van der Waals surface area contributed by atoms with E-state index in [4.69, 9.17) is 33.0 Å². The van der Waals surface area contributed by atoms with Crippen LogP contribution in [-0.2, 0) is 4.79 Å². The summed E-state index contributed by atoms with van der Waals surface area (Å²) in [5.41, 5.74) is -0.181. The zero-order valence-corrected chi connectivity index (χ0v) is 12.6. The number of benzene rings is 1. The van der Waals surface area contributed by atoms with Crippen molar-refractivity contribution in [1.82, 2.24) is 5.32 Å². The number of hydrogen-bond donors (Lipinski definition) is 2. The molecule has 7 heteroatoms. The molecule has 2 N–H and O–H groups in total. The molecule has 0 fully saturated rings. The summed E-state index contributed by atoms with van der Waals surface area (Å²) < 4.78 is 5.19. The number of carboxylic acids is 1. The summed E-state index contributed by atoms with van der Waals surface area (Å²) in [4.78, 5) is 22.6. The lowest BCUT2D eigenvalue weighted by Crippen LogP contribution is -2.32. The fourth-order valence-corrected chi connectivity index (χ4v) is 1.92. The lowest BCUT2D eigenvalue weighted by molar-refractivity contribution is -0.123. The predicted molar refractivity (Wildman–Crippen MR) is 76.8 cm³/mol. The highest BCUT2D eigenvalue weighted by molar-refractivity contribution is 6.36. The lowest BCUT2D eigenvalue weighted by atomic mass is 10.2. The summed E-state index contributed by atoms with van der Waals surface area (Å²) in [6, 6.07) is 2.58. The Morgan fingerprint density at radius 3 is 2.55 bits per heavy atom. The molecule has 0 saturated heterocycles. The molecule has 0 radical (unpaired) electrons. The number of ether oxygens (including phenoxy) is 1. The molecule has 110 valence electrons. The van der Waals surface area contributed by atoms with Crippen LogP contribution in [0.2, 0.25) is 10.0 Å². The third-order valence-corrected chi connectivity index (χ3v) is 2.79. The molecular formula is C13H15Cl2NO4. The van der Waals surface area contributed by atoms with Crippen molar-refractivity contribution in [1.29, 1.82) is 0 Å². The van der Waals surface area contributed by atoms with Gasteiger partial charge in [-0.3, -0.25) is 4.79 Å². The molecule has 1 amide bonds. The smallest absolute Gasteiger partial charge is 0.339 e. The number of nitrogens with one attached hydrogen (secondary N) is 1. The fourth-order valence-electron chi connectivity index (χ4n) is 1.37. The van der Waals surface area contributed by atoms with E-state index < -0.39 is 5.97 Å². The second kappa shape index (κ2) is 7.36. The second-order valence-corrected chi connectivity index (χ2v) is 5.40. The Hall–Kier alpha value is -1.46. The largest absolute Gasteiger partial charge is 0.481 e. The molecule has 0 bridgehead atoms. The van der Waals surface area contributed by atoms with Crippen LogP contribution in [0.5, 0.6) is 5.75 Å². The van der Waals surface area contributed by atoms with Crippen molar-refractivity contribution in [3.63, 3.8) is 0 Å². The number of hydrogen-bond acceptors (Lipinski definition) is 3. The number of carbonyl (C=O) groups is 2. The standard InChI is InChI=1S/C13H15Cl2NO4/c1-7(2)5-16-11(17)6-20-12-9(13(18)19)3-8(14)4-10(12)15/h3-4,7H,5-6H2,1-2H3,(H,16,17)(H,18,19). The van der Waals surface area contributed by atoms with Gasteiger partial charge < -0.3 is 15.2 Å². The van der Waals surface area contributed by atoms with Crippen molar-refractivity contribution in [2.24, 2.45) is 5.92 Å². The Morgan fingerprint density at radius 2 is 2.00 bits per heavy atom. The van der Waals surface area contributed by atoms with E-state index in [-0.39, 0.29) is 33.9 Å². The molecule has 1 rings (SSSR count). The van der Waals surface area contributed by atoms with Crippen LogP contribution in [0, 0.1) is 5.92 Å². The average Bonchev–Trinajstić information content (AvgIpc) is 2.34. The van der Waals surface area contributed by atoms with Crippen LogP contribution in [0.1, 0.15) is 24.2 Å². The van der Waals surface area contributed by atoms with Gasteiger partial charge in [-0.15, -0.1) is 0 Å². The normalized spacial score (nSPS) is 10.4. The average molecular weight is 320 g/mol. The lowest BCUT2D eigenvalue weighted by Gasteiger charge is -2.12. The second-order valence-electron chi connectivity index (χ2n) is 4.56. The highest BCUT2D eigenvalue weighted by Crippen LogP contribution is 2.32. The van der Waals surface area contributed by atoms with E-state index in [2.05, 4.69) is 5.32 Å². The maximum Gasteiger partial charge on any atom is 0.339 e. The van der Waals surface area contributed by atoms with Gasteiger partial charge in [0.2, 0.25) is 0 Å². The summed E-state index contributed by atoms with van der Waals surface area (Å²) >= 11 is 11.6. The van der Waals surface area contributed by atoms with E-state index in [1.165, 1.54) is 12.1 Å². The number of rotatable bonds is 6. The molecule has 1 aromatic carbocycles. The molecule has 5 nitrogen and oxygen atoms in total. The Kier molecular flexibility index (Phi) is 6.10. The zero-order valence-electron chi connectivity index (χ0n) is 11.1. The molecule has 0 unspecified atom stereocenters. The number of carboxylic acid groups (broad SMARTS) is 1. The van der Waals surface area contributed by atoms with Crippen LogP contribution in [0.15, 0.2) is 12.1 Å². The van der Waals surface area contributed by atoms with E-state index in [1.807, 2.05) is 13.8 Å². The number of halogens is 2. The van der Waals surface area contributed by atoms with E-state index in [0.29, 0.717) is 12.5 Å². The molecule has 1 aromatic rings. The van der Waals surface area contributed by atoms with Crippen LogP contribution >= 0.6 is 23.2 Å². The first kappa shape index (κ1) is 16.6. The number of aromatic carboxylic acids is 1. The minimum absolute atomic E-state index is 0.0477. The van der Waals surface area contributed by atoms with Gasteiger partial charge in [0, 0.05) is 11.6 Å². The summed E-state index contributed by atoms with van der Waals surface area (Å²) in [5, 5.41) is 11.9. The van der Waals surface area contributed by atoms with Gasteiger partial charge in [-0.1, -0.05) is 37.0 Å². The third kappa shape index (κ3) is 4.90. The molecule has 0 saturated carbocycles. The van der Waals surface area contributed by atoms with Gasteiger partial charge in [0.25, 0.3) is 5.91 Å². The third-order valence-electron chi connectivity index (χ3n) is 2.29. The van der Waals surface area contributed by atoms with Crippen LogP contribution in [0.4, 0.5) is 0 Å². The molecule has 0 aromatic heterocycles. The highest BCUT2D eigenvalue weighted by Gasteiger charge is 2.17. The highest BCUT2D eigenvalue weighted by atomic mass is 35.5. The molecule has 0 spiro atoms. The van der Waals surface area contributed by atoms with Gasteiger partial charge in [-0.05, 0) is 18.1 Å². The maximum atomic E-state index is 11.5. The summed E-state index contributed by atoms with van der Waals surface area (Å²) in [6.07, 6.45) is 0. The van der Waals surface area contributed by atoms with E-state index >= 15 is 0 Å². The van der Waals surface area contributed by atoms with Crippen LogP contribution in [0.3, 0.4) is 0 Å². The van der Waals surface area contributed by atoms with Gasteiger partial charge in [0.1, 0.15) is 5.56 Å². The van der Waals surface area contributed by atoms with Crippen LogP contribution in [0.25, 0.3) is 0 Å². The van der Waals surface area contributed by atoms with E-state index in [0.717, 1.165) is 0 Å². The van der Waals surface area contributed by atoms with Crippen molar-refractivity contribution >= 4 is 35.1 Å². The Morgan fingerprint density at radius 1 is 1.35 bits per heavy atom. The first-order valence-electron chi connectivity index (χ1n) is 5.93. The topological polar surface area (TPSA) is 75.6 Å². The predicted octanol–water partition coefficient (Wildman–Crippen LogP) is 2.84. The first-order chi connectivity index (χ1) is 9.31. The van der Waals surface area contributed by atoms with Crippen molar-refractivity contribution in [3.8, 4) is 5.75 Å². The first-order valence-corrected chi connectivity index (χ1v) is 6.68. The van der Waals surface area contributed by atoms with Gasteiger partial charge in [0.05, 0.1) is 5.02 Å². The van der Waals surface area contributed by atoms with Crippen LogP contribution in [-0.4, -0.2) is 30.1 Å². The molecule has 20 heavy (non-hydrogen) atoms. The van der Waals surface area contributed by atoms with Crippen molar-refractivity contribution < 1.29 is 19.4 Å². The molecule has 0 aliphatic rings. The Labute approximate surface area is 126 Å². The zero-order chi connectivity index (χ0) is 15.3.